The first kappa shape index (κ1) is 20.5. The van der Waals surface area contributed by atoms with E-state index >= 15 is 0 Å². The van der Waals surface area contributed by atoms with Crippen LogP contribution >= 0.6 is 0 Å². The number of amides is 3. The van der Waals surface area contributed by atoms with Crippen molar-refractivity contribution in [2.24, 2.45) is 11.8 Å². The van der Waals surface area contributed by atoms with Gasteiger partial charge in [0.15, 0.2) is 6.10 Å². The minimum Gasteiger partial charge on any atom is -0.452 e. The molecule has 3 atom stereocenters. The molecule has 1 saturated heterocycles. The Hall–Kier alpha value is -3.21. The average molecular weight is 397 g/mol. The molecule has 29 heavy (non-hydrogen) atoms. The molecular formula is C21H23N3O5. The molecule has 8 heteroatoms. The second-order valence-corrected chi connectivity index (χ2v) is 7.39. The molecule has 0 bridgehead atoms. The highest BCUT2D eigenvalue weighted by molar-refractivity contribution is 6.05. The molecule has 3 unspecified atom stereocenters. The summed E-state index contributed by atoms with van der Waals surface area (Å²) >= 11 is 0. The van der Waals surface area contributed by atoms with Crippen molar-refractivity contribution in [2.75, 3.05) is 11.9 Å². The quantitative estimate of drug-likeness (QED) is 0.580. The summed E-state index contributed by atoms with van der Waals surface area (Å²) in [6, 6.07) is 8.35. The van der Waals surface area contributed by atoms with Crippen LogP contribution in [-0.2, 0) is 23.9 Å². The summed E-state index contributed by atoms with van der Waals surface area (Å²) in [4.78, 5) is 50.3. The number of imide groups is 1. The highest BCUT2D eigenvalue weighted by atomic mass is 16.5. The Bertz CT molecular complexity index is 851. The molecule has 3 amide bonds. The lowest BCUT2D eigenvalue weighted by atomic mass is 9.81. The lowest BCUT2D eigenvalue weighted by Gasteiger charge is -2.19. The van der Waals surface area contributed by atoms with Gasteiger partial charge >= 0.3 is 5.97 Å². The fourth-order valence-corrected chi connectivity index (χ4v) is 3.87. The van der Waals surface area contributed by atoms with Gasteiger partial charge in [0.05, 0.1) is 29.9 Å². The van der Waals surface area contributed by atoms with Crippen molar-refractivity contribution in [1.82, 2.24) is 4.90 Å². The van der Waals surface area contributed by atoms with Gasteiger partial charge in [-0.1, -0.05) is 18.9 Å². The van der Waals surface area contributed by atoms with Crippen LogP contribution in [0, 0.1) is 23.2 Å². The molecular weight excluding hydrogens is 374 g/mol. The number of fused-ring (bicyclic) bond motifs is 1. The van der Waals surface area contributed by atoms with E-state index in [0.29, 0.717) is 11.3 Å². The van der Waals surface area contributed by atoms with Gasteiger partial charge in [0.1, 0.15) is 0 Å². The van der Waals surface area contributed by atoms with Crippen LogP contribution in [0.1, 0.15) is 44.6 Å². The maximum absolute atomic E-state index is 12.4. The van der Waals surface area contributed by atoms with E-state index in [1.165, 1.54) is 17.9 Å². The molecule has 0 spiro atoms. The summed E-state index contributed by atoms with van der Waals surface area (Å²) < 4.78 is 5.12. The zero-order valence-corrected chi connectivity index (χ0v) is 16.2. The monoisotopic (exact) mass is 397 g/mol. The molecule has 8 nitrogen and oxygen atoms in total. The van der Waals surface area contributed by atoms with Crippen LogP contribution in [0.5, 0.6) is 0 Å². The lowest BCUT2D eigenvalue weighted by Crippen LogP contribution is -2.35. The number of ether oxygens (including phenoxy) is 1. The van der Waals surface area contributed by atoms with Crippen LogP contribution in [0.4, 0.5) is 5.69 Å². The number of carbonyl (C=O) groups excluding carboxylic acids is 4. The number of hydrogen-bond donors (Lipinski definition) is 1. The molecule has 1 heterocycles. The zero-order chi connectivity index (χ0) is 21.0. The van der Waals surface area contributed by atoms with Gasteiger partial charge in [-0.05, 0) is 38.0 Å². The normalized spacial score (nSPS) is 21.9. The Morgan fingerprint density at radius 2 is 1.90 bits per heavy atom. The topological polar surface area (TPSA) is 117 Å². The predicted molar refractivity (Wildman–Crippen MR) is 102 cm³/mol. The molecule has 2 aliphatic rings. The summed E-state index contributed by atoms with van der Waals surface area (Å²) in [7, 11) is 0. The second-order valence-electron chi connectivity index (χ2n) is 7.39. The molecule has 2 fully saturated rings. The number of nitrogens with one attached hydrogen (secondary N) is 1. The summed E-state index contributed by atoms with van der Waals surface area (Å²) in [5.41, 5.74) is 0.820. The van der Waals surface area contributed by atoms with Gasteiger partial charge in [0, 0.05) is 12.2 Å². The van der Waals surface area contributed by atoms with E-state index in [1.54, 1.807) is 18.2 Å². The van der Waals surface area contributed by atoms with Gasteiger partial charge in [-0.3, -0.25) is 24.1 Å². The third kappa shape index (κ3) is 4.62. The van der Waals surface area contributed by atoms with Gasteiger partial charge in [-0.15, -0.1) is 0 Å². The van der Waals surface area contributed by atoms with Crippen LogP contribution < -0.4 is 5.32 Å². The van der Waals surface area contributed by atoms with Crippen molar-refractivity contribution < 1.29 is 23.9 Å². The predicted octanol–water partition coefficient (Wildman–Crippen LogP) is 1.99. The minimum atomic E-state index is -1.05. The number of anilines is 1. The van der Waals surface area contributed by atoms with Gasteiger partial charge in [-0.2, -0.15) is 5.26 Å². The molecule has 1 N–H and O–H groups in total. The van der Waals surface area contributed by atoms with E-state index in [0.717, 1.165) is 25.7 Å². The van der Waals surface area contributed by atoms with E-state index in [-0.39, 0.29) is 36.6 Å². The second kappa shape index (κ2) is 8.86. The number of hydrogen-bond acceptors (Lipinski definition) is 6. The zero-order valence-electron chi connectivity index (χ0n) is 16.2. The summed E-state index contributed by atoms with van der Waals surface area (Å²) in [5, 5.41) is 11.5. The summed E-state index contributed by atoms with van der Waals surface area (Å²) in [5.74, 6) is -2.09. The van der Waals surface area contributed by atoms with Crippen molar-refractivity contribution in [1.29, 1.82) is 5.26 Å². The van der Waals surface area contributed by atoms with Crippen LogP contribution in [0.15, 0.2) is 24.3 Å². The first-order chi connectivity index (χ1) is 13.9. The van der Waals surface area contributed by atoms with Crippen molar-refractivity contribution >= 4 is 29.4 Å². The number of likely N-dealkylation sites (tertiary alicyclic amines) is 1. The number of rotatable bonds is 6. The third-order valence-electron chi connectivity index (χ3n) is 5.41. The molecule has 3 rings (SSSR count). The Kier molecular flexibility index (Phi) is 6.27. The van der Waals surface area contributed by atoms with Crippen LogP contribution in [-0.4, -0.2) is 41.2 Å². The van der Waals surface area contributed by atoms with Crippen molar-refractivity contribution in [2.45, 2.75) is 45.1 Å². The fourth-order valence-electron chi connectivity index (χ4n) is 3.87. The van der Waals surface area contributed by atoms with Gasteiger partial charge in [0.25, 0.3) is 5.91 Å². The number of nitriles is 1. The van der Waals surface area contributed by atoms with Gasteiger partial charge < -0.3 is 10.1 Å². The maximum Gasteiger partial charge on any atom is 0.308 e. The Labute approximate surface area is 168 Å². The summed E-state index contributed by atoms with van der Waals surface area (Å²) in [6.45, 7) is 1.41. The number of esters is 1. The molecule has 152 valence electrons. The van der Waals surface area contributed by atoms with E-state index < -0.39 is 18.0 Å². The first-order valence-corrected chi connectivity index (χ1v) is 9.76. The fraction of sp³-hybridized carbons (Fsp3) is 0.476. The Morgan fingerprint density at radius 1 is 1.24 bits per heavy atom. The summed E-state index contributed by atoms with van der Waals surface area (Å²) in [6.07, 6.45) is 2.12. The average Bonchev–Trinajstić information content (AvgIpc) is 2.97. The molecule has 1 aliphatic heterocycles. The Morgan fingerprint density at radius 3 is 2.52 bits per heavy atom. The lowest BCUT2D eigenvalue weighted by molar-refractivity contribution is -0.154. The maximum atomic E-state index is 12.4. The van der Waals surface area contributed by atoms with E-state index in [4.69, 9.17) is 10.00 Å². The highest BCUT2D eigenvalue weighted by Crippen LogP contribution is 2.37. The third-order valence-corrected chi connectivity index (χ3v) is 5.41. The van der Waals surface area contributed by atoms with Crippen LogP contribution in [0.2, 0.25) is 0 Å². The van der Waals surface area contributed by atoms with Crippen molar-refractivity contribution in [3.05, 3.63) is 29.8 Å². The van der Waals surface area contributed by atoms with Crippen molar-refractivity contribution in [3.63, 3.8) is 0 Å². The minimum absolute atomic E-state index is 0.0257. The SMILES string of the molecule is CC(OC(=O)CCN1C(=O)C2CCCCC2C1=O)C(=O)Nc1cccc(C#N)c1. The van der Waals surface area contributed by atoms with Crippen molar-refractivity contribution in [3.8, 4) is 6.07 Å². The molecule has 0 aromatic heterocycles. The smallest absolute Gasteiger partial charge is 0.308 e. The van der Waals surface area contributed by atoms with Crippen LogP contribution in [0.3, 0.4) is 0 Å². The van der Waals surface area contributed by atoms with Gasteiger partial charge in [0.2, 0.25) is 11.8 Å². The molecule has 1 aliphatic carbocycles. The highest BCUT2D eigenvalue weighted by Gasteiger charge is 2.47. The number of benzene rings is 1. The standard InChI is InChI=1S/C21H23N3O5/c1-13(19(26)23-15-6-4-5-14(11-15)12-22)29-18(25)9-10-24-20(27)16-7-2-3-8-17(16)21(24)28/h4-6,11,13,16-17H,2-3,7-10H2,1H3,(H,23,26). The van der Waals surface area contributed by atoms with Crippen LogP contribution in [0.25, 0.3) is 0 Å². The van der Waals surface area contributed by atoms with Gasteiger partial charge in [-0.25, -0.2) is 0 Å². The molecule has 1 aromatic rings. The first-order valence-electron chi connectivity index (χ1n) is 9.76. The van der Waals surface area contributed by atoms with E-state index in [9.17, 15) is 19.2 Å². The largest absolute Gasteiger partial charge is 0.452 e. The molecule has 1 saturated carbocycles. The molecule has 1 aromatic carbocycles. The Balaban J connectivity index is 1.48. The van der Waals surface area contributed by atoms with E-state index in [1.807, 2.05) is 6.07 Å². The van der Waals surface area contributed by atoms with E-state index in [2.05, 4.69) is 5.32 Å². The number of nitrogens with zero attached hydrogens (tertiary/aromatic N) is 2. The molecule has 0 radical (unpaired) electrons. The number of carbonyl (C=O) groups is 4.